The van der Waals surface area contributed by atoms with Crippen LogP contribution in [0.4, 0.5) is 0 Å². The first-order valence-corrected chi connectivity index (χ1v) is 9.33. The van der Waals surface area contributed by atoms with Crippen LogP contribution in [0.15, 0.2) is 47.4 Å². The van der Waals surface area contributed by atoms with Gasteiger partial charge in [0.1, 0.15) is 5.75 Å². The van der Waals surface area contributed by atoms with Gasteiger partial charge in [0, 0.05) is 13.1 Å². The molecular weight excluding hydrogens is 334 g/mol. The smallest absolute Gasteiger partial charge is 0.243 e. The summed E-state index contributed by atoms with van der Waals surface area (Å²) in [5, 5.41) is 0.310. The van der Waals surface area contributed by atoms with E-state index in [1.165, 1.54) is 15.9 Å². The molecule has 0 fully saturated rings. The topological polar surface area (TPSA) is 46.6 Å². The van der Waals surface area contributed by atoms with Crippen LogP contribution in [0.1, 0.15) is 18.1 Å². The van der Waals surface area contributed by atoms with Crippen molar-refractivity contribution in [1.82, 2.24) is 4.31 Å². The molecule has 0 atom stereocenters. The number of halogens is 1. The summed E-state index contributed by atoms with van der Waals surface area (Å²) in [5.74, 6) is 0.497. The Hall–Kier alpha value is -1.56. The molecule has 0 unspecified atom stereocenters. The molecule has 0 N–H and O–H groups in total. The van der Waals surface area contributed by atoms with E-state index in [1.807, 2.05) is 31.2 Å². The fourth-order valence-corrected chi connectivity index (χ4v) is 4.48. The van der Waals surface area contributed by atoms with Crippen LogP contribution in [0.25, 0.3) is 0 Å². The lowest BCUT2D eigenvalue weighted by Gasteiger charge is -2.28. The molecule has 2 aromatic rings. The molecule has 0 aromatic heterocycles. The van der Waals surface area contributed by atoms with Gasteiger partial charge < -0.3 is 4.74 Å². The number of sulfonamides is 1. The maximum Gasteiger partial charge on any atom is 0.243 e. The minimum absolute atomic E-state index is 0.199. The number of benzene rings is 2. The van der Waals surface area contributed by atoms with Crippen molar-refractivity contribution in [3.8, 4) is 5.75 Å². The normalized spacial score (nSPS) is 15.2. The van der Waals surface area contributed by atoms with E-state index in [-0.39, 0.29) is 4.90 Å². The molecule has 3 rings (SSSR count). The fourth-order valence-electron chi connectivity index (χ4n) is 2.74. The zero-order valence-electron chi connectivity index (χ0n) is 12.8. The summed E-state index contributed by atoms with van der Waals surface area (Å²) in [6.45, 7) is 3.20. The molecule has 0 saturated heterocycles. The Morgan fingerprint density at radius 2 is 1.91 bits per heavy atom. The summed E-state index contributed by atoms with van der Waals surface area (Å²) in [4.78, 5) is 0.199. The summed E-state index contributed by atoms with van der Waals surface area (Å²) in [5.41, 5.74) is 2.27. The average molecular weight is 352 g/mol. The number of ether oxygens (including phenoxy) is 1. The second kappa shape index (κ2) is 6.51. The Morgan fingerprint density at radius 1 is 1.17 bits per heavy atom. The average Bonchev–Trinajstić information content (AvgIpc) is 2.56. The maximum atomic E-state index is 12.8. The second-order valence-corrected chi connectivity index (χ2v) is 7.73. The second-order valence-electron chi connectivity index (χ2n) is 5.38. The summed E-state index contributed by atoms with van der Waals surface area (Å²) in [6, 6.07) is 12.6. The first-order valence-electron chi connectivity index (χ1n) is 7.51. The lowest BCUT2D eigenvalue weighted by Crippen LogP contribution is -2.35. The third kappa shape index (κ3) is 3.22. The Balaban J connectivity index is 1.89. The Bertz CT molecular complexity index is 820. The fraction of sp³-hybridized carbons (Fsp3) is 0.294. The molecule has 0 bridgehead atoms. The van der Waals surface area contributed by atoms with Crippen LogP contribution in [0.3, 0.4) is 0 Å². The Kier molecular flexibility index (Phi) is 4.62. The van der Waals surface area contributed by atoms with Crippen molar-refractivity contribution in [2.75, 3.05) is 13.2 Å². The van der Waals surface area contributed by atoms with Gasteiger partial charge >= 0.3 is 0 Å². The van der Waals surface area contributed by atoms with Gasteiger partial charge in [0.25, 0.3) is 0 Å². The summed E-state index contributed by atoms with van der Waals surface area (Å²) in [6.07, 6.45) is 0.722. The van der Waals surface area contributed by atoms with Crippen LogP contribution in [0.2, 0.25) is 5.02 Å². The standard InChI is InChI=1S/C17H18ClNO3S/c1-2-22-17-8-7-15(11-16(17)18)23(20,21)19-10-9-13-5-3-4-6-14(13)12-19/h3-8,11H,2,9-10,12H2,1H3. The zero-order chi connectivity index (χ0) is 16.4. The number of nitrogens with zero attached hydrogens (tertiary/aromatic N) is 1. The van der Waals surface area contributed by atoms with Crippen LogP contribution in [-0.2, 0) is 23.0 Å². The molecule has 0 aliphatic carbocycles. The van der Waals surface area contributed by atoms with Crippen molar-refractivity contribution in [1.29, 1.82) is 0 Å². The summed E-state index contributed by atoms with van der Waals surface area (Å²) in [7, 11) is -3.57. The first-order chi connectivity index (χ1) is 11.0. The van der Waals surface area contributed by atoms with Gasteiger partial charge in [-0.3, -0.25) is 0 Å². The van der Waals surface area contributed by atoms with Crippen LogP contribution in [0, 0.1) is 0 Å². The van der Waals surface area contributed by atoms with Crippen molar-refractivity contribution < 1.29 is 13.2 Å². The number of hydrogen-bond acceptors (Lipinski definition) is 3. The summed E-state index contributed by atoms with van der Waals surface area (Å²) >= 11 is 6.13. The van der Waals surface area contributed by atoms with Crippen molar-refractivity contribution in [2.24, 2.45) is 0 Å². The van der Waals surface area contributed by atoms with E-state index < -0.39 is 10.0 Å². The lowest BCUT2D eigenvalue weighted by atomic mass is 10.0. The maximum absolute atomic E-state index is 12.8. The van der Waals surface area contributed by atoms with Crippen molar-refractivity contribution in [2.45, 2.75) is 24.8 Å². The highest BCUT2D eigenvalue weighted by Crippen LogP contribution is 2.30. The van der Waals surface area contributed by atoms with E-state index in [1.54, 1.807) is 12.1 Å². The summed E-state index contributed by atoms with van der Waals surface area (Å²) < 4.78 is 32.5. The van der Waals surface area contributed by atoms with Gasteiger partial charge in [0.2, 0.25) is 10.0 Å². The number of rotatable bonds is 4. The number of fused-ring (bicyclic) bond motifs is 1. The zero-order valence-corrected chi connectivity index (χ0v) is 14.4. The molecule has 0 spiro atoms. The van der Waals surface area contributed by atoms with Crippen LogP contribution >= 0.6 is 11.6 Å². The van der Waals surface area contributed by atoms with E-state index in [0.717, 1.165) is 12.0 Å². The van der Waals surface area contributed by atoms with E-state index in [0.29, 0.717) is 30.5 Å². The third-order valence-electron chi connectivity index (χ3n) is 3.94. The van der Waals surface area contributed by atoms with E-state index in [4.69, 9.17) is 16.3 Å². The Morgan fingerprint density at radius 3 is 2.61 bits per heavy atom. The molecule has 1 aliphatic heterocycles. The minimum atomic E-state index is -3.57. The van der Waals surface area contributed by atoms with Crippen LogP contribution < -0.4 is 4.74 Å². The monoisotopic (exact) mass is 351 g/mol. The molecule has 0 saturated carbocycles. The predicted octanol–water partition coefficient (Wildman–Crippen LogP) is 3.49. The minimum Gasteiger partial charge on any atom is -0.492 e. The third-order valence-corrected chi connectivity index (χ3v) is 6.07. The molecule has 2 aromatic carbocycles. The molecular formula is C17H18ClNO3S. The highest BCUT2D eigenvalue weighted by molar-refractivity contribution is 7.89. The van der Waals surface area contributed by atoms with Crippen LogP contribution in [0.5, 0.6) is 5.75 Å². The van der Waals surface area contributed by atoms with Gasteiger partial charge in [-0.1, -0.05) is 35.9 Å². The number of hydrogen-bond donors (Lipinski definition) is 0. The molecule has 6 heteroatoms. The SMILES string of the molecule is CCOc1ccc(S(=O)(=O)N2CCc3ccccc3C2)cc1Cl. The van der Waals surface area contributed by atoms with Gasteiger partial charge in [-0.2, -0.15) is 4.31 Å². The molecule has 0 amide bonds. The first kappa shape index (κ1) is 16.3. The molecule has 1 heterocycles. The molecule has 1 aliphatic rings. The van der Waals surface area contributed by atoms with E-state index >= 15 is 0 Å². The highest BCUT2D eigenvalue weighted by atomic mass is 35.5. The van der Waals surface area contributed by atoms with Crippen molar-refractivity contribution in [3.63, 3.8) is 0 Å². The molecule has 122 valence electrons. The van der Waals surface area contributed by atoms with Gasteiger partial charge in [0.15, 0.2) is 0 Å². The Labute approximate surface area is 141 Å². The molecule has 0 radical (unpaired) electrons. The van der Waals surface area contributed by atoms with Gasteiger partial charge in [-0.15, -0.1) is 0 Å². The van der Waals surface area contributed by atoms with E-state index in [2.05, 4.69) is 0 Å². The van der Waals surface area contributed by atoms with Gasteiger partial charge in [-0.05, 0) is 42.7 Å². The largest absolute Gasteiger partial charge is 0.492 e. The molecule has 23 heavy (non-hydrogen) atoms. The van der Waals surface area contributed by atoms with Crippen molar-refractivity contribution >= 4 is 21.6 Å². The lowest BCUT2D eigenvalue weighted by molar-refractivity contribution is 0.340. The van der Waals surface area contributed by atoms with Gasteiger partial charge in [-0.25, -0.2) is 8.42 Å². The predicted molar refractivity (Wildman–Crippen MR) is 90.4 cm³/mol. The highest BCUT2D eigenvalue weighted by Gasteiger charge is 2.28. The quantitative estimate of drug-likeness (QED) is 0.847. The van der Waals surface area contributed by atoms with Gasteiger partial charge in [0.05, 0.1) is 16.5 Å². The van der Waals surface area contributed by atoms with Crippen LogP contribution in [-0.4, -0.2) is 25.9 Å². The van der Waals surface area contributed by atoms with E-state index in [9.17, 15) is 8.42 Å². The molecule has 4 nitrogen and oxygen atoms in total. The van der Waals surface area contributed by atoms with Crippen molar-refractivity contribution in [3.05, 3.63) is 58.6 Å².